The number of carbonyl (C=O) groups is 2. The zero-order valence-electron chi connectivity index (χ0n) is 14.9. The highest BCUT2D eigenvalue weighted by Crippen LogP contribution is 2.14. The topological polar surface area (TPSA) is 93.9 Å². The van der Waals surface area contributed by atoms with E-state index in [0.29, 0.717) is 6.61 Å². The van der Waals surface area contributed by atoms with Crippen LogP contribution in [0.2, 0.25) is 0 Å². The molecule has 0 aliphatic carbocycles. The molecule has 1 aliphatic heterocycles. The Balaban J connectivity index is 1.72. The Kier molecular flexibility index (Phi) is 7.21. The molecule has 25 heavy (non-hydrogen) atoms. The lowest BCUT2D eigenvalue weighted by Gasteiger charge is -2.32. The van der Waals surface area contributed by atoms with Crippen LogP contribution < -0.4 is 15.8 Å². The number of nitrogens with zero attached hydrogens (tertiary/aromatic N) is 1. The van der Waals surface area contributed by atoms with Crippen molar-refractivity contribution in [3.8, 4) is 5.75 Å². The van der Waals surface area contributed by atoms with E-state index in [0.717, 1.165) is 37.2 Å². The first-order valence-corrected chi connectivity index (χ1v) is 8.53. The summed E-state index contributed by atoms with van der Waals surface area (Å²) < 4.78 is 10.8. The van der Waals surface area contributed by atoms with Crippen molar-refractivity contribution in [2.24, 2.45) is 5.73 Å². The molecule has 2 amide bonds. The fourth-order valence-electron chi connectivity index (χ4n) is 2.83. The van der Waals surface area contributed by atoms with Crippen LogP contribution in [0.5, 0.6) is 5.75 Å². The smallest absolute Gasteiger partial charge is 0.249 e. The average Bonchev–Trinajstić information content (AvgIpc) is 2.61. The summed E-state index contributed by atoms with van der Waals surface area (Å²) in [5, 5.41) is 3.02. The summed E-state index contributed by atoms with van der Waals surface area (Å²) >= 11 is 0. The maximum Gasteiger partial charge on any atom is 0.249 e. The molecule has 1 heterocycles. The number of carbonyl (C=O) groups excluding carboxylic acids is 2. The molecule has 0 aromatic heterocycles. The number of methoxy groups -OCH3 is 1. The fourth-order valence-corrected chi connectivity index (χ4v) is 2.83. The largest absolute Gasteiger partial charge is 0.497 e. The molecule has 0 unspecified atom stereocenters. The van der Waals surface area contributed by atoms with Crippen molar-refractivity contribution >= 4 is 11.8 Å². The van der Waals surface area contributed by atoms with Gasteiger partial charge in [0.1, 0.15) is 11.9 Å². The van der Waals surface area contributed by atoms with Crippen molar-refractivity contribution in [3.05, 3.63) is 29.8 Å². The van der Waals surface area contributed by atoms with Crippen molar-refractivity contribution in [2.75, 3.05) is 26.7 Å². The average molecular weight is 349 g/mol. The predicted molar refractivity (Wildman–Crippen MR) is 94.0 cm³/mol. The molecule has 1 aliphatic rings. The molecule has 1 atom stereocenters. The number of nitrogens with one attached hydrogen (secondary N) is 1. The second-order valence-electron chi connectivity index (χ2n) is 6.33. The van der Waals surface area contributed by atoms with Crippen molar-refractivity contribution < 1.29 is 19.1 Å². The number of ether oxygens (including phenoxy) is 2. The summed E-state index contributed by atoms with van der Waals surface area (Å²) in [6.07, 6.45) is 1.08. The number of hydrogen-bond acceptors (Lipinski definition) is 5. The molecule has 7 heteroatoms. The van der Waals surface area contributed by atoms with Crippen molar-refractivity contribution in [1.29, 1.82) is 0 Å². The number of hydrogen-bond donors (Lipinski definition) is 2. The Morgan fingerprint density at radius 1 is 1.36 bits per heavy atom. The summed E-state index contributed by atoms with van der Waals surface area (Å²) in [5.74, 6) is 0.333. The molecule has 1 saturated heterocycles. The van der Waals surface area contributed by atoms with Crippen LogP contribution in [-0.2, 0) is 20.9 Å². The third-order valence-corrected chi connectivity index (χ3v) is 4.32. The highest BCUT2D eigenvalue weighted by Gasteiger charge is 2.23. The van der Waals surface area contributed by atoms with Crippen LogP contribution in [-0.4, -0.2) is 55.6 Å². The summed E-state index contributed by atoms with van der Waals surface area (Å²) in [7, 11) is 1.62. The normalized spacial score (nSPS) is 17.0. The molecule has 0 spiro atoms. The molecule has 1 aromatic carbocycles. The van der Waals surface area contributed by atoms with Crippen LogP contribution in [0, 0.1) is 0 Å². The highest BCUT2D eigenvalue weighted by molar-refractivity contribution is 5.80. The quantitative estimate of drug-likeness (QED) is 0.719. The van der Waals surface area contributed by atoms with Crippen LogP contribution in [0.1, 0.15) is 25.3 Å². The lowest BCUT2D eigenvalue weighted by atomic mass is 10.0. The number of primary amides is 1. The van der Waals surface area contributed by atoms with Gasteiger partial charge in [0, 0.05) is 19.1 Å². The van der Waals surface area contributed by atoms with E-state index in [1.165, 1.54) is 0 Å². The molecule has 7 nitrogen and oxygen atoms in total. The number of nitrogens with two attached hydrogens (primary N) is 1. The number of piperidine rings is 1. The van der Waals surface area contributed by atoms with Gasteiger partial charge in [0.25, 0.3) is 0 Å². The van der Waals surface area contributed by atoms with E-state index in [1.54, 1.807) is 14.0 Å². The van der Waals surface area contributed by atoms with Crippen LogP contribution in [0.25, 0.3) is 0 Å². The predicted octanol–water partition coefficient (Wildman–Crippen LogP) is 0.666. The van der Waals surface area contributed by atoms with E-state index in [-0.39, 0.29) is 24.4 Å². The molecular weight excluding hydrogens is 322 g/mol. The van der Waals surface area contributed by atoms with Crippen LogP contribution >= 0.6 is 0 Å². The van der Waals surface area contributed by atoms with Crippen LogP contribution in [0.3, 0.4) is 0 Å². The fraction of sp³-hybridized carbons (Fsp3) is 0.556. The Morgan fingerprint density at radius 2 is 2.08 bits per heavy atom. The van der Waals surface area contributed by atoms with E-state index < -0.39 is 6.10 Å². The third kappa shape index (κ3) is 6.36. The summed E-state index contributed by atoms with van der Waals surface area (Å²) in [6.45, 7) is 3.89. The van der Waals surface area contributed by atoms with Gasteiger partial charge in [-0.3, -0.25) is 14.5 Å². The van der Waals surface area contributed by atoms with Gasteiger partial charge in [-0.1, -0.05) is 12.1 Å². The Labute approximate surface area is 148 Å². The van der Waals surface area contributed by atoms with E-state index >= 15 is 0 Å². The van der Waals surface area contributed by atoms with E-state index in [9.17, 15) is 9.59 Å². The number of rotatable bonds is 8. The van der Waals surface area contributed by atoms with Gasteiger partial charge < -0.3 is 20.5 Å². The lowest BCUT2D eigenvalue weighted by Crippen LogP contribution is -2.48. The maximum atomic E-state index is 12.3. The molecule has 0 radical (unpaired) electrons. The third-order valence-electron chi connectivity index (χ3n) is 4.32. The number of benzene rings is 1. The second kappa shape index (κ2) is 9.39. The van der Waals surface area contributed by atoms with Crippen molar-refractivity contribution in [1.82, 2.24) is 10.2 Å². The molecule has 1 aromatic rings. The van der Waals surface area contributed by atoms with Crippen LogP contribution in [0.15, 0.2) is 24.3 Å². The minimum absolute atomic E-state index is 0.111. The maximum absolute atomic E-state index is 12.3. The molecule has 3 N–H and O–H groups in total. The Hall–Kier alpha value is -2.12. The molecular formula is C18H27N3O4. The van der Waals surface area contributed by atoms with E-state index in [2.05, 4.69) is 5.32 Å². The Bertz CT molecular complexity index is 585. The van der Waals surface area contributed by atoms with Crippen LogP contribution in [0.4, 0.5) is 0 Å². The number of amides is 2. The van der Waals surface area contributed by atoms with Gasteiger partial charge in [-0.05, 0) is 37.5 Å². The van der Waals surface area contributed by atoms with Gasteiger partial charge in [-0.25, -0.2) is 0 Å². The first-order valence-electron chi connectivity index (χ1n) is 8.53. The summed E-state index contributed by atoms with van der Waals surface area (Å²) in [5.41, 5.74) is 6.16. The standard InChI is InChI=1S/C18H27N3O4/c1-13(25-12-14-4-3-5-16(10-14)24-2)18(23)20-15-6-8-21(9-7-15)11-17(19)22/h3-5,10,13,15H,6-9,11-12H2,1-2H3,(H2,19,22)(H,20,23)/t13-/m0/s1. The number of likely N-dealkylation sites (tertiary alicyclic amines) is 1. The van der Waals surface area contributed by atoms with Gasteiger partial charge in [0.15, 0.2) is 0 Å². The highest BCUT2D eigenvalue weighted by atomic mass is 16.5. The van der Waals surface area contributed by atoms with Gasteiger partial charge >= 0.3 is 0 Å². The zero-order valence-corrected chi connectivity index (χ0v) is 14.9. The van der Waals surface area contributed by atoms with E-state index in [4.69, 9.17) is 15.2 Å². The van der Waals surface area contributed by atoms with Gasteiger partial charge in [0.05, 0.1) is 20.3 Å². The molecule has 138 valence electrons. The van der Waals surface area contributed by atoms with Crippen molar-refractivity contribution in [2.45, 2.75) is 38.5 Å². The monoisotopic (exact) mass is 349 g/mol. The molecule has 0 saturated carbocycles. The van der Waals surface area contributed by atoms with Crippen molar-refractivity contribution in [3.63, 3.8) is 0 Å². The molecule has 1 fully saturated rings. The second-order valence-corrected chi connectivity index (χ2v) is 6.33. The molecule has 2 rings (SSSR count). The molecule has 0 bridgehead atoms. The summed E-state index contributed by atoms with van der Waals surface area (Å²) in [4.78, 5) is 25.2. The van der Waals surface area contributed by atoms with Gasteiger partial charge in [-0.2, -0.15) is 0 Å². The van der Waals surface area contributed by atoms with E-state index in [1.807, 2.05) is 29.2 Å². The minimum Gasteiger partial charge on any atom is -0.497 e. The zero-order chi connectivity index (χ0) is 18.2. The first kappa shape index (κ1) is 19.2. The summed E-state index contributed by atoms with van der Waals surface area (Å²) in [6, 6.07) is 7.69. The lowest BCUT2D eigenvalue weighted by molar-refractivity contribution is -0.133. The van der Waals surface area contributed by atoms with Gasteiger partial charge in [0.2, 0.25) is 11.8 Å². The van der Waals surface area contributed by atoms with Gasteiger partial charge in [-0.15, -0.1) is 0 Å². The first-order chi connectivity index (χ1) is 12.0. The minimum atomic E-state index is -0.533. The SMILES string of the molecule is COc1cccc(CO[C@@H](C)C(=O)NC2CCN(CC(N)=O)CC2)c1. The Morgan fingerprint density at radius 3 is 2.72 bits per heavy atom.